The van der Waals surface area contributed by atoms with Gasteiger partial charge in [0.25, 0.3) is 0 Å². The fourth-order valence-electron chi connectivity index (χ4n) is 4.55. The molecule has 35 heavy (non-hydrogen) atoms. The quantitative estimate of drug-likeness (QED) is 0.375. The van der Waals surface area contributed by atoms with Gasteiger partial charge in [-0.2, -0.15) is 4.98 Å². The zero-order valence-corrected chi connectivity index (χ0v) is 20.0. The van der Waals surface area contributed by atoms with Gasteiger partial charge in [-0.05, 0) is 74.3 Å². The van der Waals surface area contributed by atoms with Gasteiger partial charge in [0, 0.05) is 67.6 Å². The van der Waals surface area contributed by atoms with Crippen LogP contribution in [0.5, 0.6) is 11.8 Å². The van der Waals surface area contributed by atoms with Crippen LogP contribution in [-0.4, -0.2) is 59.6 Å². The van der Waals surface area contributed by atoms with Gasteiger partial charge in [0.05, 0.1) is 11.7 Å². The van der Waals surface area contributed by atoms with Gasteiger partial charge in [0.15, 0.2) is 0 Å². The normalized spacial score (nSPS) is 16.4. The topological polar surface area (TPSA) is 57.6 Å². The van der Waals surface area contributed by atoms with Crippen LogP contribution in [0.15, 0.2) is 73.2 Å². The number of hydrogen-bond acceptors (Lipinski definition) is 7. The van der Waals surface area contributed by atoms with Crippen molar-refractivity contribution < 1.29 is 4.74 Å². The molecule has 1 aliphatic heterocycles. The number of fused-ring (bicyclic) bond motifs is 1. The summed E-state index contributed by atoms with van der Waals surface area (Å²) < 4.78 is 5.95. The molecular weight excluding hydrogens is 436 g/mol. The van der Waals surface area contributed by atoms with Crippen LogP contribution in [0.3, 0.4) is 0 Å². The molecule has 1 saturated heterocycles. The van der Waals surface area contributed by atoms with Crippen LogP contribution in [0.25, 0.3) is 10.9 Å². The third kappa shape index (κ3) is 5.05. The Morgan fingerprint density at radius 2 is 1.77 bits per heavy atom. The molecular formula is C28H30N6O. The maximum absolute atomic E-state index is 5.95. The van der Waals surface area contributed by atoms with Crippen LogP contribution >= 0.6 is 0 Å². The first-order valence-electron chi connectivity index (χ1n) is 12.4. The van der Waals surface area contributed by atoms with Crippen LogP contribution in [0.1, 0.15) is 12.8 Å². The average Bonchev–Trinajstić information content (AvgIpc) is 3.73. The number of likely N-dealkylation sites (N-methyl/N-ethyl adjacent to an activating group) is 1. The van der Waals surface area contributed by atoms with E-state index in [1.165, 1.54) is 29.9 Å². The van der Waals surface area contributed by atoms with Crippen molar-refractivity contribution in [3.63, 3.8) is 0 Å². The summed E-state index contributed by atoms with van der Waals surface area (Å²) in [6.45, 7) is 5.39. The molecule has 0 bridgehead atoms. The SMILES string of the molecule is CN1CCN(c2cccc(N(CC3CC3)c3ccc(Oc4ncc5ccncc5n4)cc3)c2)CC1. The zero-order valence-electron chi connectivity index (χ0n) is 20.0. The van der Waals surface area contributed by atoms with E-state index in [9.17, 15) is 0 Å². The van der Waals surface area contributed by atoms with E-state index < -0.39 is 0 Å². The maximum Gasteiger partial charge on any atom is 0.322 e. The molecule has 0 radical (unpaired) electrons. The van der Waals surface area contributed by atoms with Crippen molar-refractivity contribution in [2.75, 3.05) is 49.6 Å². The molecule has 3 heterocycles. The van der Waals surface area contributed by atoms with Crippen LogP contribution < -0.4 is 14.5 Å². The van der Waals surface area contributed by atoms with Crippen LogP contribution in [0.2, 0.25) is 0 Å². The Morgan fingerprint density at radius 1 is 0.943 bits per heavy atom. The second-order valence-electron chi connectivity index (χ2n) is 9.55. The van der Waals surface area contributed by atoms with E-state index in [0.29, 0.717) is 6.01 Å². The molecule has 7 heteroatoms. The van der Waals surface area contributed by atoms with Gasteiger partial charge in [-0.3, -0.25) is 4.98 Å². The number of anilines is 3. The third-order valence-electron chi connectivity index (χ3n) is 6.87. The van der Waals surface area contributed by atoms with Crippen LogP contribution in [0, 0.1) is 5.92 Å². The van der Waals surface area contributed by atoms with Crippen LogP contribution in [0.4, 0.5) is 17.1 Å². The molecule has 4 aromatic rings. The lowest BCUT2D eigenvalue weighted by molar-refractivity contribution is 0.313. The largest absolute Gasteiger partial charge is 0.424 e. The number of aromatic nitrogens is 3. The molecule has 2 fully saturated rings. The predicted octanol–water partition coefficient (Wildman–Crippen LogP) is 5.12. The Balaban J connectivity index is 1.22. The molecule has 7 nitrogen and oxygen atoms in total. The Morgan fingerprint density at radius 3 is 2.57 bits per heavy atom. The fourth-order valence-corrected chi connectivity index (χ4v) is 4.55. The summed E-state index contributed by atoms with van der Waals surface area (Å²) in [7, 11) is 2.20. The van der Waals surface area contributed by atoms with Crippen molar-refractivity contribution >= 4 is 28.0 Å². The first-order valence-corrected chi connectivity index (χ1v) is 12.4. The molecule has 1 saturated carbocycles. The number of piperazine rings is 1. The summed E-state index contributed by atoms with van der Waals surface area (Å²) in [5.41, 5.74) is 4.49. The Kier molecular flexibility index (Phi) is 5.92. The summed E-state index contributed by atoms with van der Waals surface area (Å²) in [6, 6.07) is 19.5. The van der Waals surface area contributed by atoms with E-state index in [1.807, 2.05) is 18.2 Å². The summed E-state index contributed by atoms with van der Waals surface area (Å²) in [6.07, 6.45) is 7.84. The highest BCUT2D eigenvalue weighted by Gasteiger charge is 2.26. The smallest absolute Gasteiger partial charge is 0.322 e. The lowest BCUT2D eigenvalue weighted by Gasteiger charge is -2.35. The second kappa shape index (κ2) is 9.50. The monoisotopic (exact) mass is 466 g/mol. The molecule has 1 aliphatic carbocycles. The highest BCUT2D eigenvalue weighted by Crippen LogP contribution is 2.37. The Hall–Kier alpha value is -3.71. The molecule has 0 amide bonds. The Labute approximate surface area is 206 Å². The molecule has 2 aromatic heterocycles. The van der Waals surface area contributed by atoms with Gasteiger partial charge in [0.2, 0.25) is 0 Å². The summed E-state index contributed by atoms with van der Waals surface area (Å²) >= 11 is 0. The van der Waals surface area contributed by atoms with E-state index in [2.05, 4.69) is 73.1 Å². The van der Waals surface area contributed by atoms with Crippen LogP contribution in [-0.2, 0) is 0 Å². The first kappa shape index (κ1) is 21.8. The predicted molar refractivity (Wildman–Crippen MR) is 140 cm³/mol. The van der Waals surface area contributed by atoms with Crippen molar-refractivity contribution in [3.05, 3.63) is 73.2 Å². The molecule has 0 unspecified atom stereocenters. The lowest BCUT2D eigenvalue weighted by Crippen LogP contribution is -2.44. The molecule has 0 spiro atoms. The number of nitrogens with zero attached hydrogens (tertiary/aromatic N) is 6. The fraction of sp³-hybridized carbons (Fsp3) is 0.321. The number of benzene rings is 2. The number of hydrogen-bond donors (Lipinski definition) is 0. The van der Waals surface area contributed by atoms with Crippen molar-refractivity contribution in [1.82, 2.24) is 19.9 Å². The van der Waals surface area contributed by atoms with Gasteiger partial charge >= 0.3 is 6.01 Å². The molecule has 0 N–H and O–H groups in total. The number of ether oxygens (including phenoxy) is 1. The second-order valence-corrected chi connectivity index (χ2v) is 9.55. The van der Waals surface area contributed by atoms with E-state index in [0.717, 1.165) is 55.3 Å². The average molecular weight is 467 g/mol. The Bertz CT molecular complexity index is 1300. The maximum atomic E-state index is 5.95. The molecule has 0 atom stereocenters. The molecule has 178 valence electrons. The number of rotatable bonds is 7. The van der Waals surface area contributed by atoms with E-state index >= 15 is 0 Å². The summed E-state index contributed by atoms with van der Waals surface area (Å²) in [5.74, 6) is 1.48. The van der Waals surface area contributed by atoms with E-state index in [-0.39, 0.29) is 0 Å². The molecule has 6 rings (SSSR count). The summed E-state index contributed by atoms with van der Waals surface area (Å²) in [4.78, 5) is 20.3. The minimum absolute atomic E-state index is 0.327. The van der Waals surface area contributed by atoms with E-state index in [4.69, 9.17) is 4.74 Å². The molecule has 2 aromatic carbocycles. The van der Waals surface area contributed by atoms with Gasteiger partial charge in [-0.1, -0.05) is 6.07 Å². The lowest BCUT2D eigenvalue weighted by atomic mass is 10.1. The van der Waals surface area contributed by atoms with Gasteiger partial charge in [0.1, 0.15) is 5.75 Å². The first-order chi connectivity index (χ1) is 17.2. The van der Waals surface area contributed by atoms with Gasteiger partial charge in [-0.15, -0.1) is 0 Å². The van der Waals surface area contributed by atoms with Crippen molar-refractivity contribution in [3.8, 4) is 11.8 Å². The third-order valence-corrected chi connectivity index (χ3v) is 6.87. The minimum Gasteiger partial charge on any atom is -0.424 e. The van der Waals surface area contributed by atoms with Crippen molar-refractivity contribution in [2.24, 2.45) is 5.92 Å². The summed E-state index contributed by atoms with van der Waals surface area (Å²) in [5, 5.41) is 0.942. The zero-order chi connectivity index (χ0) is 23.6. The minimum atomic E-state index is 0.327. The van der Waals surface area contributed by atoms with Gasteiger partial charge < -0.3 is 19.4 Å². The standard InChI is InChI=1S/C28H30N6O/c1-32-13-15-33(16-14-32)24-3-2-4-25(17-24)34(20-21-5-6-21)23-7-9-26(10-8-23)35-28-30-18-22-11-12-29-19-27(22)31-28/h2-4,7-12,17-19,21H,5-6,13-16,20H2,1H3. The highest BCUT2D eigenvalue weighted by molar-refractivity contribution is 5.76. The van der Waals surface area contributed by atoms with Crippen molar-refractivity contribution in [1.29, 1.82) is 0 Å². The number of pyridine rings is 1. The highest BCUT2D eigenvalue weighted by atomic mass is 16.5. The van der Waals surface area contributed by atoms with Gasteiger partial charge in [-0.25, -0.2) is 4.98 Å². The van der Waals surface area contributed by atoms with Crippen molar-refractivity contribution in [2.45, 2.75) is 12.8 Å². The van der Waals surface area contributed by atoms with E-state index in [1.54, 1.807) is 18.6 Å². The molecule has 2 aliphatic rings.